The molecule has 138 valence electrons. The molecule has 1 aromatic carbocycles. The molecule has 3 amide bonds. The van der Waals surface area contributed by atoms with Crippen LogP contribution in [0.2, 0.25) is 0 Å². The largest absolute Gasteiger partial charge is 0.484 e. The molecule has 0 unspecified atom stereocenters. The number of benzene rings is 1. The number of nitrogens with one attached hydrogen (secondary N) is 2. The summed E-state index contributed by atoms with van der Waals surface area (Å²) in [4.78, 5) is 36.1. The van der Waals surface area contributed by atoms with Crippen molar-refractivity contribution >= 4 is 29.2 Å². The molecule has 0 saturated carbocycles. The average Bonchev–Trinajstić information content (AvgIpc) is 3.11. The summed E-state index contributed by atoms with van der Waals surface area (Å²) in [6.07, 6.45) is -0.201. The van der Waals surface area contributed by atoms with Crippen molar-refractivity contribution < 1.29 is 23.9 Å². The topological polar surface area (TPSA) is 93.7 Å². The lowest BCUT2D eigenvalue weighted by Crippen LogP contribution is -2.41. The Bertz CT molecular complexity index is 741. The van der Waals surface area contributed by atoms with E-state index in [1.54, 1.807) is 38.1 Å². The molecule has 1 aromatic heterocycles. The zero-order chi connectivity index (χ0) is 18.9. The Hall–Kier alpha value is -2.87. The minimum atomic E-state index is -0.584. The third-order valence-corrected chi connectivity index (χ3v) is 3.94. The van der Waals surface area contributed by atoms with Gasteiger partial charge >= 0.3 is 12.0 Å². The van der Waals surface area contributed by atoms with Crippen LogP contribution in [0.4, 0.5) is 4.79 Å². The predicted octanol–water partition coefficient (Wildman–Crippen LogP) is 2.72. The highest BCUT2D eigenvalue weighted by molar-refractivity contribution is 7.09. The number of amides is 3. The molecule has 26 heavy (non-hydrogen) atoms. The van der Waals surface area contributed by atoms with Gasteiger partial charge in [-0.15, -0.1) is 11.3 Å². The van der Waals surface area contributed by atoms with E-state index < -0.39 is 17.9 Å². The minimum absolute atomic E-state index is 0.201. The monoisotopic (exact) mass is 376 g/mol. The number of imide groups is 1. The van der Waals surface area contributed by atoms with Crippen LogP contribution >= 0.6 is 11.3 Å². The Labute approximate surface area is 155 Å². The van der Waals surface area contributed by atoms with Gasteiger partial charge in [0.2, 0.25) is 0 Å². The van der Waals surface area contributed by atoms with Crippen LogP contribution in [0.15, 0.2) is 41.8 Å². The molecule has 1 heterocycles. The second-order valence-electron chi connectivity index (χ2n) is 5.58. The zero-order valence-corrected chi connectivity index (χ0v) is 15.3. The van der Waals surface area contributed by atoms with Gasteiger partial charge in [-0.25, -0.2) is 9.59 Å². The van der Waals surface area contributed by atoms with Gasteiger partial charge in [0.15, 0.2) is 6.61 Å². The third-order valence-electron chi connectivity index (χ3n) is 3.06. The molecule has 0 spiro atoms. The first-order valence-corrected chi connectivity index (χ1v) is 8.86. The van der Waals surface area contributed by atoms with Crippen molar-refractivity contribution in [3.05, 3.63) is 52.2 Å². The van der Waals surface area contributed by atoms with Gasteiger partial charge in [-0.2, -0.15) is 0 Å². The first kappa shape index (κ1) is 19.5. The smallest absolute Gasteiger partial charge is 0.338 e. The SMILES string of the molecule is CC(C)OC(=O)c1ccc(OCC(=O)NC(=O)NCc2cccs2)cc1. The van der Waals surface area contributed by atoms with Crippen molar-refractivity contribution in [3.8, 4) is 5.75 Å². The molecule has 0 aliphatic carbocycles. The van der Waals surface area contributed by atoms with E-state index in [0.717, 1.165) is 4.88 Å². The molecule has 0 saturated heterocycles. The number of esters is 1. The fraction of sp³-hybridized carbons (Fsp3) is 0.278. The zero-order valence-electron chi connectivity index (χ0n) is 14.5. The van der Waals surface area contributed by atoms with Crippen LogP contribution in [0.25, 0.3) is 0 Å². The highest BCUT2D eigenvalue weighted by atomic mass is 32.1. The number of rotatable bonds is 7. The van der Waals surface area contributed by atoms with Crippen LogP contribution in [0.3, 0.4) is 0 Å². The van der Waals surface area contributed by atoms with Crippen LogP contribution in [-0.4, -0.2) is 30.6 Å². The molecule has 2 rings (SSSR count). The van der Waals surface area contributed by atoms with Gasteiger partial charge in [-0.1, -0.05) is 6.07 Å². The second kappa shape index (κ2) is 9.57. The summed E-state index contributed by atoms with van der Waals surface area (Å²) in [5, 5.41) is 6.67. The Morgan fingerprint density at radius 3 is 2.46 bits per heavy atom. The summed E-state index contributed by atoms with van der Waals surface area (Å²) in [5.41, 5.74) is 0.392. The second-order valence-corrected chi connectivity index (χ2v) is 6.61. The summed E-state index contributed by atoms with van der Waals surface area (Å²) < 4.78 is 10.4. The number of thiophene rings is 1. The predicted molar refractivity (Wildman–Crippen MR) is 97.2 cm³/mol. The Balaban J connectivity index is 1.72. The molecule has 0 radical (unpaired) electrons. The van der Waals surface area contributed by atoms with Crippen LogP contribution in [0, 0.1) is 0 Å². The number of hydrogen-bond acceptors (Lipinski definition) is 6. The van der Waals surface area contributed by atoms with Gasteiger partial charge < -0.3 is 14.8 Å². The average molecular weight is 376 g/mol. The van der Waals surface area contributed by atoms with E-state index in [1.807, 2.05) is 17.5 Å². The van der Waals surface area contributed by atoms with Crippen molar-refractivity contribution in [2.45, 2.75) is 26.5 Å². The molecule has 0 aliphatic heterocycles. The Morgan fingerprint density at radius 1 is 1.12 bits per heavy atom. The van der Waals surface area contributed by atoms with Crippen LogP contribution in [0.1, 0.15) is 29.1 Å². The van der Waals surface area contributed by atoms with Gasteiger partial charge in [0.25, 0.3) is 5.91 Å². The van der Waals surface area contributed by atoms with Crippen LogP contribution in [-0.2, 0) is 16.1 Å². The Morgan fingerprint density at radius 2 is 1.85 bits per heavy atom. The lowest BCUT2D eigenvalue weighted by Gasteiger charge is -2.09. The number of urea groups is 1. The molecule has 2 aromatic rings. The molecular weight excluding hydrogens is 356 g/mol. The molecule has 7 nitrogen and oxygen atoms in total. The fourth-order valence-electron chi connectivity index (χ4n) is 1.91. The van der Waals surface area contributed by atoms with Crippen molar-refractivity contribution in [1.29, 1.82) is 0 Å². The lowest BCUT2D eigenvalue weighted by molar-refractivity contribution is -0.122. The van der Waals surface area contributed by atoms with Gasteiger partial charge in [0, 0.05) is 4.88 Å². The fourth-order valence-corrected chi connectivity index (χ4v) is 2.55. The van der Waals surface area contributed by atoms with Crippen molar-refractivity contribution in [2.24, 2.45) is 0 Å². The number of carbonyl (C=O) groups is 3. The van der Waals surface area contributed by atoms with Crippen molar-refractivity contribution in [1.82, 2.24) is 10.6 Å². The van der Waals surface area contributed by atoms with E-state index in [4.69, 9.17) is 9.47 Å². The van der Waals surface area contributed by atoms with Gasteiger partial charge in [-0.3, -0.25) is 10.1 Å². The van der Waals surface area contributed by atoms with Crippen molar-refractivity contribution in [3.63, 3.8) is 0 Å². The first-order chi connectivity index (χ1) is 12.4. The summed E-state index contributed by atoms with van der Waals surface area (Å²) in [6.45, 7) is 3.57. The summed E-state index contributed by atoms with van der Waals surface area (Å²) in [5.74, 6) is -0.594. The van der Waals surface area contributed by atoms with E-state index in [0.29, 0.717) is 17.9 Å². The van der Waals surface area contributed by atoms with E-state index in [2.05, 4.69) is 10.6 Å². The maximum atomic E-state index is 11.7. The van der Waals surface area contributed by atoms with Crippen LogP contribution < -0.4 is 15.4 Å². The maximum Gasteiger partial charge on any atom is 0.338 e. The number of carbonyl (C=O) groups excluding carboxylic acids is 3. The molecule has 0 atom stereocenters. The van der Waals surface area contributed by atoms with E-state index in [9.17, 15) is 14.4 Å². The Kier molecular flexibility index (Phi) is 7.16. The van der Waals surface area contributed by atoms with E-state index >= 15 is 0 Å². The normalized spacial score (nSPS) is 10.3. The number of ether oxygens (including phenoxy) is 2. The highest BCUT2D eigenvalue weighted by Gasteiger charge is 2.11. The summed E-state index contributed by atoms with van der Waals surface area (Å²) in [7, 11) is 0. The summed E-state index contributed by atoms with van der Waals surface area (Å²) in [6, 6.07) is 9.39. The van der Waals surface area contributed by atoms with E-state index in [-0.39, 0.29) is 12.7 Å². The summed E-state index contributed by atoms with van der Waals surface area (Å²) >= 11 is 1.51. The van der Waals surface area contributed by atoms with Gasteiger partial charge in [-0.05, 0) is 49.6 Å². The third kappa shape index (κ3) is 6.56. The molecular formula is C18H20N2O5S. The maximum absolute atomic E-state index is 11.7. The van der Waals surface area contributed by atoms with Crippen LogP contribution in [0.5, 0.6) is 5.75 Å². The molecule has 8 heteroatoms. The van der Waals surface area contributed by atoms with Gasteiger partial charge in [0.1, 0.15) is 5.75 Å². The van der Waals surface area contributed by atoms with Crippen molar-refractivity contribution in [2.75, 3.05) is 6.61 Å². The highest BCUT2D eigenvalue weighted by Crippen LogP contribution is 2.13. The standard InChI is InChI=1S/C18H20N2O5S/c1-12(2)25-17(22)13-5-7-14(8-6-13)24-11-16(21)20-18(23)19-10-15-4-3-9-26-15/h3-9,12H,10-11H2,1-2H3,(H2,19,20,21,23). The minimum Gasteiger partial charge on any atom is -0.484 e. The quantitative estimate of drug-likeness (QED) is 0.725. The lowest BCUT2D eigenvalue weighted by atomic mass is 10.2. The molecule has 0 bridgehead atoms. The molecule has 0 fully saturated rings. The molecule has 0 aliphatic rings. The van der Waals surface area contributed by atoms with Gasteiger partial charge in [0.05, 0.1) is 18.2 Å². The van der Waals surface area contributed by atoms with E-state index in [1.165, 1.54) is 11.3 Å². The molecule has 2 N–H and O–H groups in total. The number of hydrogen-bond donors (Lipinski definition) is 2. The first-order valence-electron chi connectivity index (χ1n) is 7.98.